The third kappa shape index (κ3) is 3.85. The summed E-state index contributed by atoms with van der Waals surface area (Å²) >= 11 is 0. The predicted molar refractivity (Wildman–Crippen MR) is 105 cm³/mol. The van der Waals surface area contributed by atoms with Crippen molar-refractivity contribution in [1.82, 2.24) is 0 Å². The van der Waals surface area contributed by atoms with Crippen molar-refractivity contribution in [2.45, 2.75) is 62.9 Å². The number of carbonyl (C=O) groups excluding carboxylic acids is 1. The van der Waals surface area contributed by atoms with Gasteiger partial charge in [-0.15, -0.1) is 0 Å². The maximum absolute atomic E-state index is 13.3. The van der Waals surface area contributed by atoms with Gasteiger partial charge in [-0.05, 0) is 80.5 Å². The summed E-state index contributed by atoms with van der Waals surface area (Å²) in [6, 6.07) is 14.0. The molecule has 2 fully saturated rings. The van der Waals surface area contributed by atoms with Crippen molar-refractivity contribution in [3.63, 3.8) is 0 Å². The van der Waals surface area contributed by atoms with Gasteiger partial charge in [-0.1, -0.05) is 25.0 Å². The van der Waals surface area contributed by atoms with Crippen molar-refractivity contribution in [2.75, 3.05) is 5.32 Å². The first kappa shape index (κ1) is 18.0. The van der Waals surface area contributed by atoms with Gasteiger partial charge in [0.05, 0.1) is 11.5 Å². The van der Waals surface area contributed by atoms with Crippen LogP contribution in [-0.4, -0.2) is 12.0 Å². The molecule has 0 spiro atoms. The first-order chi connectivity index (χ1) is 13.2. The Labute approximate surface area is 159 Å². The molecule has 4 heteroatoms. The molecule has 0 atom stereocenters. The zero-order valence-electron chi connectivity index (χ0n) is 15.5. The van der Waals surface area contributed by atoms with Gasteiger partial charge in [0.15, 0.2) is 0 Å². The summed E-state index contributed by atoms with van der Waals surface area (Å²) < 4.78 is 19.3. The molecule has 2 aliphatic rings. The van der Waals surface area contributed by atoms with Crippen molar-refractivity contribution in [3.8, 4) is 5.75 Å². The molecule has 0 aliphatic heterocycles. The van der Waals surface area contributed by atoms with E-state index >= 15 is 0 Å². The van der Waals surface area contributed by atoms with E-state index in [4.69, 9.17) is 4.74 Å². The molecule has 0 aromatic heterocycles. The largest absolute Gasteiger partial charge is 0.490 e. The molecule has 2 aromatic rings. The number of nitrogens with one attached hydrogen (secondary N) is 1. The zero-order valence-corrected chi connectivity index (χ0v) is 15.5. The second-order valence-corrected chi connectivity index (χ2v) is 7.80. The lowest BCUT2D eigenvalue weighted by atomic mass is 9.78. The van der Waals surface area contributed by atoms with Gasteiger partial charge in [-0.25, -0.2) is 4.39 Å². The lowest BCUT2D eigenvalue weighted by Crippen LogP contribution is -2.38. The molecule has 142 valence electrons. The number of ether oxygens (including phenoxy) is 1. The van der Waals surface area contributed by atoms with Crippen LogP contribution in [0.4, 0.5) is 10.1 Å². The second kappa shape index (κ2) is 7.71. The average Bonchev–Trinajstić information content (AvgIpc) is 3.36. The molecule has 0 bridgehead atoms. The minimum Gasteiger partial charge on any atom is -0.490 e. The molecule has 0 heterocycles. The number of amides is 1. The number of halogens is 1. The lowest BCUT2D eigenvalue weighted by molar-refractivity contribution is -0.121. The van der Waals surface area contributed by atoms with Crippen molar-refractivity contribution in [2.24, 2.45) is 0 Å². The average molecular weight is 367 g/mol. The van der Waals surface area contributed by atoms with Crippen LogP contribution in [0, 0.1) is 5.82 Å². The lowest BCUT2D eigenvalue weighted by Gasteiger charge is -2.28. The standard InChI is InChI=1S/C23H26FNO2/c24-18-9-7-17(8-10-18)23(15-3-4-16-23)22(26)25-19-11-13-21(14-12-19)27-20-5-1-2-6-20/h7-14,20H,1-6,15-16H2,(H,25,26). The third-order valence-electron chi connectivity index (χ3n) is 6.01. The van der Waals surface area contributed by atoms with E-state index in [1.807, 2.05) is 24.3 Å². The normalized spacial score (nSPS) is 19.1. The van der Waals surface area contributed by atoms with Crippen LogP contribution in [0.1, 0.15) is 56.9 Å². The minimum absolute atomic E-state index is 0.00364. The first-order valence-electron chi connectivity index (χ1n) is 10.00. The Morgan fingerprint density at radius 3 is 2.19 bits per heavy atom. The van der Waals surface area contributed by atoms with E-state index in [0.717, 1.165) is 55.5 Å². The SMILES string of the molecule is O=C(Nc1ccc(OC2CCCC2)cc1)C1(c2ccc(F)cc2)CCCC1. The molecule has 1 amide bonds. The second-order valence-electron chi connectivity index (χ2n) is 7.80. The van der Waals surface area contributed by atoms with E-state index in [1.54, 1.807) is 12.1 Å². The van der Waals surface area contributed by atoms with Crippen LogP contribution in [0.2, 0.25) is 0 Å². The number of hydrogen-bond donors (Lipinski definition) is 1. The molecular formula is C23H26FNO2. The summed E-state index contributed by atoms with van der Waals surface area (Å²) in [6.45, 7) is 0. The quantitative estimate of drug-likeness (QED) is 0.747. The first-order valence-corrected chi connectivity index (χ1v) is 10.00. The summed E-state index contributed by atoms with van der Waals surface area (Å²) in [5.41, 5.74) is 1.11. The fourth-order valence-electron chi connectivity index (χ4n) is 4.46. The van der Waals surface area contributed by atoms with Crippen LogP contribution >= 0.6 is 0 Å². The monoisotopic (exact) mass is 367 g/mol. The van der Waals surface area contributed by atoms with Gasteiger partial charge in [0.25, 0.3) is 0 Å². The van der Waals surface area contributed by atoms with Crippen LogP contribution in [0.25, 0.3) is 0 Å². The summed E-state index contributed by atoms with van der Waals surface area (Å²) in [5, 5.41) is 3.07. The van der Waals surface area contributed by atoms with Gasteiger partial charge in [-0.3, -0.25) is 4.79 Å². The molecule has 3 nitrogen and oxygen atoms in total. The fourth-order valence-corrected chi connectivity index (χ4v) is 4.46. The van der Waals surface area contributed by atoms with Crippen LogP contribution in [0.3, 0.4) is 0 Å². The van der Waals surface area contributed by atoms with Crippen molar-refractivity contribution in [3.05, 3.63) is 59.9 Å². The van der Waals surface area contributed by atoms with Crippen LogP contribution in [0.15, 0.2) is 48.5 Å². The molecule has 0 radical (unpaired) electrons. The summed E-state index contributed by atoms with van der Waals surface area (Å²) in [4.78, 5) is 13.1. The van der Waals surface area contributed by atoms with Crippen LogP contribution < -0.4 is 10.1 Å². The molecular weight excluding hydrogens is 341 g/mol. The summed E-state index contributed by atoms with van der Waals surface area (Å²) in [7, 11) is 0. The Hall–Kier alpha value is -2.36. The maximum Gasteiger partial charge on any atom is 0.235 e. The highest BCUT2D eigenvalue weighted by molar-refractivity contribution is 5.99. The van der Waals surface area contributed by atoms with Crippen LogP contribution in [0.5, 0.6) is 5.75 Å². The Bertz CT molecular complexity index is 773. The van der Waals surface area contributed by atoms with Crippen LogP contribution in [-0.2, 0) is 10.2 Å². The van der Waals surface area contributed by atoms with Gasteiger partial charge in [-0.2, -0.15) is 0 Å². The van der Waals surface area contributed by atoms with Gasteiger partial charge in [0.1, 0.15) is 11.6 Å². The molecule has 4 rings (SSSR count). The molecule has 2 saturated carbocycles. The predicted octanol–water partition coefficient (Wildman–Crippen LogP) is 5.60. The molecule has 1 N–H and O–H groups in total. The Morgan fingerprint density at radius 1 is 0.926 bits per heavy atom. The van der Waals surface area contributed by atoms with E-state index in [2.05, 4.69) is 5.32 Å². The van der Waals surface area contributed by atoms with Gasteiger partial charge >= 0.3 is 0 Å². The van der Waals surface area contributed by atoms with E-state index in [0.29, 0.717) is 6.10 Å². The Balaban J connectivity index is 1.47. The summed E-state index contributed by atoms with van der Waals surface area (Å²) in [6.07, 6.45) is 8.68. The molecule has 0 saturated heterocycles. The maximum atomic E-state index is 13.3. The van der Waals surface area contributed by atoms with Crippen molar-refractivity contribution >= 4 is 11.6 Å². The number of carbonyl (C=O) groups is 1. The molecule has 2 aromatic carbocycles. The summed E-state index contributed by atoms with van der Waals surface area (Å²) in [5.74, 6) is 0.579. The van der Waals surface area contributed by atoms with E-state index in [-0.39, 0.29) is 11.7 Å². The highest BCUT2D eigenvalue weighted by Gasteiger charge is 2.42. The number of rotatable bonds is 5. The Kier molecular flexibility index (Phi) is 5.15. The smallest absolute Gasteiger partial charge is 0.235 e. The highest BCUT2D eigenvalue weighted by atomic mass is 19.1. The van der Waals surface area contributed by atoms with Gasteiger partial charge in [0.2, 0.25) is 5.91 Å². The molecule has 2 aliphatic carbocycles. The van der Waals surface area contributed by atoms with Gasteiger partial charge in [0, 0.05) is 5.69 Å². The van der Waals surface area contributed by atoms with E-state index in [1.165, 1.54) is 25.0 Å². The van der Waals surface area contributed by atoms with Crippen molar-refractivity contribution < 1.29 is 13.9 Å². The van der Waals surface area contributed by atoms with Gasteiger partial charge < -0.3 is 10.1 Å². The fraction of sp³-hybridized carbons (Fsp3) is 0.435. The number of benzene rings is 2. The third-order valence-corrected chi connectivity index (χ3v) is 6.01. The highest BCUT2D eigenvalue weighted by Crippen LogP contribution is 2.42. The number of anilines is 1. The molecule has 0 unspecified atom stereocenters. The topological polar surface area (TPSA) is 38.3 Å². The number of hydrogen-bond acceptors (Lipinski definition) is 2. The Morgan fingerprint density at radius 2 is 1.56 bits per heavy atom. The molecule has 27 heavy (non-hydrogen) atoms. The van der Waals surface area contributed by atoms with E-state index in [9.17, 15) is 9.18 Å². The minimum atomic E-state index is -0.563. The van der Waals surface area contributed by atoms with Crippen molar-refractivity contribution in [1.29, 1.82) is 0 Å². The van der Waals surface area contributed by atoms with E-state index < -0.39 is 5.41 Å². The zero-order chi connectivity index (χ0) is 18.7.